The summed E-state index contributed by atoms with van der Waals surface area (Å²) in [4.78, 5) is 64.4. The number of aromatic nitrogens is 1. The van der Waals surface area contributed by atoms with Gasteiger partial charge in [-0.3, -0.25) is 24.6 Å². The Bertz CT molecular complexity index is 2650. The van der Waals surface area contributed by atoms with E-state index in [1.165, 1.54) is 6.07 Å². The lowest BCUT2D eigenvalue weighted by Gasteiger charge is -2.51. The highest BCUT2D eigenvalue weighted by Crippen LogP contribution is 2.65. The Morgan fingerprint density at radius 1 is 0.862 bits per heavy atom. The Hall–Kier alpha value is -5.43. The average Bonchev–Trinajstić information content (AvgIpc) is 3.57. The molecule has 6 atom stereocenters. The molecular formula is C43H30Cl3F3N4O5. The molecule has 15 heteroatoms. The predicted octanol–water partition coefficient (Wildman–Crippen LogP) is 9.42. The van der Waals surface area contributed by atoms with Crippen LogP contribution in [0.4, 0.5) is 24.7 Å². The molecule has 4 amide bonds. The first-order valence-electron chi connectivity index (χ1n) is 18.3. The number of aryl methyl sites for hydroxylation is 1. The molecule has 2 N–H and O–H groups in total. The van der Waals surface area contributed by atoms with Gasteiger partial charge in [-0.05, 0) is 84.0 Å². The predicted molar refractivity (Wildman–Crippen MR) is 211 cm³/mol. The van der Waals surface area contributed by atoms with Crippen molar-refractivity contribution in [3.8, 4) is 5.75 Å². The Kier molecular flexibility index (Phi) is 8.92. The van der Waals surface area contributed by atoms with Crippen molar-refractivity contribution >= 4 is 80.7 Å². The number of amides is 4. The maximum atomic E-state index is 15.6. The number of rotatable bonds is 5. The molecular weight excluding hydrogens is 816 g/mol. The van der Waals surface area contributed by atoms with Gasteiger partial charge < -0.3 is 5.11 Å². The smallest absolute Gasteiger partial charge is 0.417 e. The number of phenols is 1. The topological polar surface area (TPSA) is 120 Å². The molecule has 0 spiro atoms. The summed E-state index contributed by atoms with van der Waals surface area (Å²) in [7, 11) is 0. The molecule has 0 radical (unpaired) electrons. The highest BCUT2D eigenvalue weighted by Gasteiger charge is 2.71. The molecule has 4 aromatic carbocycles. The molecule has 6 unspecified atom stereocenters. The summed E-state index contributed by atoms with van der Waals surface area (Å²) in [5, 5.41) is 14.2. The first kappa shape index (κ1) is 38.1. The number of nitrogens with zero attached hydrogens (tertiary/aromatic N) is 3. The molecule has 3 fully saturated rings. The molecule has 0 bridgehead atoms. The highest BCUT2D eigenvalue weighted by molar-refractivity contribution is 6.33. The third-order valence-corrected chi connectivity index (χ3v) is 13.2. The van der Waals surface area contributed by atoms with Gasteiger partial charge in [0.05, 0.1) is 39.4 Å². The normalized spacial score (nSPS) is 25.5. The Labute approximate surface area is 344 Å². The van der Waals surface area contributed by atoms with Crippen LogP contribution in [-0.4, -0.2) is 38.7 Å². The van der Waals surface area contributed by atoms with Gasteiger partial charge in [-0.2, -0.15) is 18.2 Å². The van der Waals surface area contributed by atoms with Gasteiger partial charge in [-0.15, -0.1) is 0 Å². The van der Waals surface area contributed by atoms with Crippen LogP contribution >= 0.6 is 34.8 Å². The number of hydrogen-bond acceptors (Lipinski definition) is 7. The maximum absolute atomic E-state index is 15.6. The van der Waals surface area contributed by atoms with Crippen molar-refractivity contribution in [3.05, 3.63) is 140 Å². The number of hydrogen-bond donors (Lipinski definition) is 2. The number of aromatic hydroxyl groups is 1. The Morgan fingerprint density at radius 2 is 1.60 bits per heavy atom. The Morgan fingerprint density at radius 3 is 2.31 bits per heavy atom. The zero-order chi connectivity index (χ0) is 41.0. The van der Waals surface area contributed by atoms with Crippen LogP contribution in [0.15, 0.2) is 103 Å². The lowest BCUT2D eigenvalue weighted by atomic mass is 9.48. The number of allylic oxidation sites excluding steroid dienone is 2. The van der Waals surface area contributed by atoms with Crippen LogP contribution in [0.1, 0.15) is 41.0 Å². The van der Waals surface area contributed by atoms with E-state index in [0.717, 1.165) is 15.8 Å². The van der Waals surface area contributed by atoms with E-state index >= 15 is 9.59 Å². The summed E-state index contributed by atoms with van der Waals surface area (Å²) in [5.41, 5.74) is 1.98. The van der Waals surface area contributed by atoms with E-state index in [0.29, 0.717) is 55.1 Å². The molecule has 2 saturated heterocycles. The van der Waals surface area contributed by atoms with Crippen molar-refractivity contribution in [2.45, 2.75) is 37.3 Å². The van der Waals surface area contributed by atoms with Crippen LogP contribution in [0.2, 0.25) is 15.1 Å². The number of alkyl halides is 3. The van der Waals surface area contributed by atoms with Crippen molar-refractivity contribution in [3.63, 3.8) is 0 Å². The van der Waals surface area contributed by atoms with Gasteiger partial charge in [0, 0.05) is 27.7 Å². The van der Waals surface area contributed by atoms with Gasteiger partial charge in [0.15, 0.2) is 5.82 Å². The fourth-order valence-corrected chi connectivity index (χ4v) is 10.2. The number of phenolic OH excluding ortho intramolecular Hbond substituents is 1. The molecule has 9 nitrogen and oxygen atoms in total. The van der Waals surface area contributed by atoms with E-state index in [1.54, 1.807) is 67.6 Å². The number of hydrazine groups is 1. The fourth-order valence-electron chi connectivity index (χ4n) is 9.66. The molecule has 2 aliphatic heterocycles. The first-order valence-corrected chi connectivity index (χ1v) is 19.4. The summed E-state index contributed by atoms with van der Waals surface area (Å²) in [5.74, 6) is -7.95. The third kappa shape index (κ3) is 5.55. The lowest BCUT2D eigenvalue weighted by molar-refractivity contribution is -0.139. The average molecular weight is 846 g/mol. The Balaban J connectivity index is 1.27. The van der Waals surface area contributed by atoms with E-state index in [9.17, 15) is 27.9 Å². The SMILES string of the molecule is Cc1ccc(N2C(=O)C3CC=C4C(CC5C(=O)N(Nc6ncc(C(F)(F)F)cc6Cl)C(=O)C5(c5ccc(Cl)cc5)C4c4c(O)ccc5ccccc45)C3C2=O)cc1Cl. The van der Waals surface area contributed by atoms with E-state index in [4.69, 9.17) is 34.8 Å². The van der Waals surface area contributed by atoms with E-state index < -0.39 is 75.4 Å². The number of carbonyl (C=O) groups excluding carboxylic acids is 4. The number of anilines is 2. The number of benzene rings is 4. The second-order valence-corrected chi connectivity index (χ2v) is 16.3. The first-order chi connectivity index (χ1) is 27.6. The molecule has 3 heterocycles. The minimum Gasteiger partial charge on any atom is -0.508 e. The van der Waals surface area contributed by atoms with Crippen LogP contribution in [0.3, 0.4) is 0 Å². The third-order valence-electron chi connectivity index (χ3n) is 12.2. The van der Waals surface area contributed by atoms with Gasteiger partial charge in [0.1, 0.15) is 5.75 Å². The number of carbonyl (C=O) groups is 4. The van der Waals surface area contributed by atoms with Crippen LogP contribution in [-0.2, 0) is 30.8 Å². The second kappa shape index (κ2) is 13.6. The second-order valence-electron chi connectivity index (χ2n) is 15.1. The van der Waals surface area contributed by atoms with Gasteiger partial charge >= 0.3 is 6.18 Å². The van der Waals surface area contributed by atoms with Gasteiger partial charge in [0.25, 0.3) is 11.8 Å². The molecule has 294 valence electrons. The summed E-state index contributed by atoms with van der Waals surface area (Å²) in [6, 6.07) is 22.4. The monoisotopic (exact) mass is 844 g/mol. The molecule has 1 aromatic heterocycles. The van der Waals surface area contributed by atoms with Crippen LogP contribution in [0, 0.1) is 30.6 Å². The van der Waals surface area contributed by atoms with Crippen LogP contribution in [0.5, 0.6) is 5.75 Å². The highest BCUT2D eigenvalue weighted by atomic mass is 35.5. The van der Waals surface area contributed by atoms with Crippen LogP contribution in [0.25, 0.3) is 10.8 Å². The zero-order valence-corrected chi connectivity index (χ0v) is 32.5. The maximum Gasteiger partial charge on any atom is 0.417 e. The molecule has 1 saturated carbocycles. The van der Waals surface area contributed by atoms with E-state index in [2.05, 4.69) is 10.4 Å². The largest absolute Gasteiger partial charge is 0.508 e. The van der Waals surface area contributed by atoms with Crippen molar-refractivity contribution in [1.82, 2.24) is 9.99 Å². The number of nitrogens with one attached hydrogen (secondary N) is 1. The standard InChI is InChI=1S/C43H30Cl3F3N4O5/c1-20-6-12-25(17-31(20)45)52-38(55)28-14-13-27-29(34(28)40(52)57)18-30-39(56)53(51-37-32(46)16-23(19-50-37)43(47,48)49)41(58)42(30,22-8-10-24(44)11-9-22)36(27)35-26-5-3-2-4-21(26)7-15-33(35)54/h2-13,15-17,19,28-30,34,36,54H,14,18H2,1H3,(H,50,51). The summed E-state index contributed by atoms with van der Waals surface area (Å²) in [6.45, 7) is 1.80. The van der Waals surface area contributed by atoms with Gasteiger partial charge in [-0.1, -0.05) is 95.0 Å². The van der Waals surface area contributed by atoms with Crippen molar-refractivity contribution in [1.29, 1.82) is 0 Å². The number of halogens is 6. The number of imide groups is 2. The van der Waals surface area contributed by atoms with E-state index in [-0.39, 0.29) is 24.4 Å². The minimum absolute atomic E-state index is 0.0872. The summed E-state index contributed by atoms with van der Waals surface area (Å²) in [6.07, 6.45) is -2.35. The molecule has 9 rings (SSSR count). The van der Waals surface area contributed by atoms with Gasteiger partial charge in [-0.25, -0.2) is 9.88 Å². The number of pyridine rings is 1. The van der Waals surface area contributed by atoms with Crippen molar-refractivity contribution < 1.29 is 37.5 Å². The van der Waals surface area contributed by atoms with Crippen LogP contribution < -0.4 is 10.3 Å². The lowest BCUT2D eigenvalue weighted by Crippen LogP contribution is -2.53. The summed E-state index contributed by atoms with van der Waals surface area (Å²) >= 11 is 19.1. The fraction of sp³-hybridized carbons (Fsp3) is 0.233. The minimum atomic E-state index is -4.77. The zero-order valence-electron chi connectivity index (χ0n) is 30.2. The van der Waals surface area contributed by atoms with Crippen molar-refractivity contribution in [2.75, 3.05) is 10.3 Å². The van der Waals surface area contributed by atoms with E-state index in [1.807, 2.05) is 18.2 Å². The molecule has 58 heavy (non-hydrogen) atoms. The van der Waals surface area contributed by atoms with Crippen molar-refractivity contribution in [2.24, 2.45) is 23.7 Å². The summed E-state index contributed by atoms with van der Waals surface area (Å²) < 4.78 is 40.7. The molecule has 5 aromatic rings. The molecule has 2 aliphatic carbocycles. The number of fused-ring (bicyclic) bond motifs is 5. The quantitative estimate of drug-likeness (QED) is 0.134. The van der Waals surface area contributed by atoms with Gasteiger partial charge in [0.2, 0.25) is 11.8 Å². The molecule has 4 aliphatic rings.